The van der Waals surface area contributed by atoms with E-state index in [2.05, 4.69) is 22.4 Å². The van der Waals surface area contributed by atoms with Gasteiger partial charge in [0, 0.05) is 44.0 Å². The SMILES string of the molecule is Cc1cnc(-c2cccc(C(=O)N(C)[C@H](CCNC(=O)c3cccn3C)Cc3ccccc3)c2)o1. The fourth-order valence-corrected chi connectivity index (χ4v) is 4.10. The second kappa shape index (κ2) is 10.9. The van der Waals surface area contributed by atoms with Crippen LogP contribution in [0.5, 0.6) is 0 Å². The summed E-state index contributed by atoms with van der Waals surface area (Å²) in [6.07, 6.45) is 4.80. The second-order valence-electron chi connectivity index (χ2n) is 8.67. The molecule has 2 amide bonds. The molecule has 7 heteroatoms. The van der Waals surface area contributed by atoms with Gasteiger partial charge in [0.1, 0.15) is 11.5 Å². The van der Waals surface area contributed by atoms with E-state index in [1.807, 2.05) is 63.6 Å². The molecule has 0 aliphatic carbocycles. The normalized spacial score (nSPS) is 11.7. The summed E-state index contributed by atoms with van der Waals surface area (Å²) in [7, 11) is 3.66. The van der Waals surface area contributed by atoms with E-state index in [4.69, 9.17) is 4.42 Å². The molecule has 0 radical (unpaired) electrons. The number of likely N-dealkylation sites (N-methyl/N-ethyl adjacent to an activating group) is 1. The van der Waals surface area contributed by atoms with Crippen molar-refractivity contribution >= 4 is 11.8 Å². The van der Waals surface area contributed by atoms with Crippen LogP contribution in [-0.2, 0) is 13.5 Å². The highest BCUT2D eigenvalue weighted by Crippen LogP contribution is 2.22. The minimum absolute atomic E-state index is 0.0928. The first kappa shape index (κ1) is 24.0. The molecular formula is C28H30N4O3. The number of aryl methyl sites for hydroxylation is 2. The number of aromatic nitrogens is 2. The first-order valence-corrected chi connectivity index (χ1v) is 11.7. The van der Waals surface area contributed by atoms with Gasteiger partial charge in [-0.05, 0) is 55.7 Å². The topological polar surface area (TPSA) is 80.4 Å². The number of carbonyl (C=O) groups is 2. The molecule has 4 rings (SSSR count). The van der Waals surface area contributed by atoms with Crippen LogP contribution in [0.15, 0.2) is 83.5 Å². The smallest absolute Gasteiger partial charge is 0.267 e. The Bertz CT molecular complexity index is 1290. The third-order valence-electron chi connectivity index (χ3n) is 6.10. The van der Waals surface area contributed by atoms with E-state index in [1.165, 1.54) is 0 Å². The van der Waals surface area contributed by atoms with Crippen LogP contribution in [0.2, 0.25) is 0 Å². The Kier molecular flexibility index (Phi) is 7.45. The first-order chi connectivity index (χ1) is 16.9. The average molecular weight is 471 g/mol. The standard InChI is InChI=1S/C28H30N4O3/c1-20-19-30-27(35-20)22-11-7-12-23(18-22)28(34)32(3)24(17-21-9-5-4-6-10-21)14-15-29-26(33)25-13-8-16-31(25)2/h4-13,16,18-19,24H,14-15,17H2,1-3H3,(H,29,33)/t24-/m1/s1. The lowest BCUT2D eigenvalue weighted by molar-refractivity contribution is 0.0723. The van der Waals surface area contributed by atoms with E-state index in [9.17, 15) is 9.59 Å². The molecule has 7 nitrogen and oxygen atoms in total. The summed E-state index contributed by atoms with van der Waals surface area (Å²) >= 11 is 0. The van der Waals surface area contributed by atoms with Gasteiger partial charge >= 0.3 is 0 Å². The molecule has 0 saturated carbocycles. The maximum Gasteiger partial charge on any atom is 0.267 e. The Morgan fingerprint density at radius 2 is 1.89 bits per heavy atom. The van der Waals surface area contributed by atoms with Crippen LogP contribution in [0.25, 0.3) is 11.5 Å². The summed E-state index contributed by atoms with van der Waals surface area (Å²) in [5, 5.41) is 2.99. The van der Waals surface area contributed by atoms with Crippen molar-refractivity contribution in [2.75, 3.05) is 13.6 Å². The number of benzene rings is 2. The number of amides is 2. The van der Waals surface area contributed by atoms with E-state index in [1.54, 1.807) is 33.9 Å². The summed E-state index contributed by atoms with van der Waals surface area (Å²) in [5.74, 6) is 0.988. The predicted octanol–water partition coefficient (Wildman–Crippen LogP) is 4.49. The molecule has 0 spiro atoms. The summed E-state index contributed by atoms with van der Waals surface area (Å²) < 4.78 is 7.41. The number of nitrogens with zero attached hydrogens (tertiary/aromatic N) is 3. The van der Waals surface area contributed by atoms with Gasteiger partial charge in [-0.15, -0.1) is 0 Å². The van der Waals surface area contributed by atoms with Crippen LogP contribution in [0.4, 0.5) is 0 Å². The molecule has 180 valence electrons. The van der Waals surface area contributed by atoms with Gasteiger partial charge in [0.2, 0.25) is 5.89 Å². The van der Waals surface area contributed by atoms with E-state index < -0.39 is 0 Å². The molecule has 1 atom stereocenters. The Morgan fingerprint density at radius 1 is 1.09 bits per heavy atom. The Balaban J connectivity index is 1.49. The van der Waals surface area contributed by atoms with Crippen LogP contribution in [-0.4, -0.2) is 45.9 Å². The summed E-state index contributed by atoms with van der Waals surface area (Å²) in [6, 6.07) is 20.9. The number of rotatable bonds is 9. The number of hydrogen-bond donors (Lipinski definition) is 1. The molecule has 4 aromatic rings. The van der Waals surface area contributed by atoms with Crippen molar-refractivity contribution in [2.24, 2.45) is 7.05 Å². The summed E-state index contributed by atoms with van der Waals surface area (Å²) in [5.41, 5.74) is 3.06. The molecule has 0 saturated heterocycles. The molecular weight excluding hydrogens is 440 g/mol. The molecule has 0 aliphatic heterocycles. The highest BCUT2D eigenvalue weighted by Gasteiger charge is 2.23. The Labute approximate surface area is 205 Å². The van der Waals surface area contributed by atoms with Crippen molar-refractivity contribution in [1.29, 1.82) is 0 Å². The van der Waals surface area contributed by atoms with Crippen molar-refractivity contribution in [1.82, 2.24) is 19.8 Å². The zero-order chi connectivity index (χ0) is 24.8. The van der Waals surface area contributed by atoms with Crippen molar-refractivity contribution in [2.45, 2.75) is 25.8 Å². The Hall–Kier alpha value is -4.13. The van der Waals surface area contributed by atoms with Crippen molar-refractivity contribution in [3.8, 4) is 11.5 Å². The van der Waals surface area contributed by atoms with Crippen LogP contribution in [0, 0.1) is 6.92 Å². The minimum Gasteiger partial charge on any atom is -0.441 e. The van der Waals surface area contributed by atoms with Crippen molar-refractivity contribution in [3.05, 3.63) is 102 Å². The molecule has 2 heterocycles. The van der Waals surface area contributed by atoms with Gasteiger partial charge in [-0.2, -0.15) is 0 Å². The summed E-state index contributed by atoms with van der Waals surface area (Å²) in [4.78, 5) is 32.1. The van der Waals surface area contributed by atoms with Crippen LogP contribution >= 0.6 is 0 Å². The van der Waals surface area contributed by atoms with Gasteiger partial charge in [0.05, 0.1) is 6.20 Å². The lowest BCUT2D eigenvalue weighted by Crippen LogP contribution is -2.41. The minimum atomic E-state index is -0.126. The Morgan fingerprint density at radius 3 is 2.57 bits per heavy atom. The fraction of sp³-hybridized carbons (Fsp3) is 0.250. The first-order valence-electron chi connectivity index (χ1n) is 11.7. The maximum absolute atomic E-state index is 13.5. The number of carbonyl (C=O) groups excluding carboxylic acids is 2. The third kappa shape index (κ3) is 5.87. The van der Waals surface area contributed by atoms with Crippen LogP contribution in [0.3, 0.4) is 0 Å². The molecule has 0 unspecified atom stereocenters. The molecule has 2 aromatic carbocycles. The van der Waals surface area contributed by atoms with Gasteiger partial charge < -0.3 is 19.2 Å². The number of hydrogen-bond acceptors (Lipinski definition) is 4. The second-order valence-corrected chi connectivity index (χ2v) is 8.67. The molecule has 0 fully saturated rings. The quantitative estimate of drug-likeness (QED) is 0.391. The van der Waals surface area contributed by atoms with Gasteiger partial charge in [0.25, 0.3) is 11.8 Å². The van der Waals surface area contributed by atoms with E-state index in [-0.39, 0.29) is 17.9 Å². The van der Waals surface area contributed by atoms with E-state index in [0.717, 1.165) is 11.1 Å². The largest absolute Gasteiger partial charge is 0.441 e. The van der Waals surface area contributed by atoms with Crippen molar-refractivity contribution in [3.63, 3.8) is 0 Å². The lowest BCUT2D eigenvalue weighted by Gasteiger charge is -2.29. The van der Waals surface area contributed by atoms with Gasteiger partial charge in [0.15, 0.2) is 0 Å². The summed E-state index contributed by atoms with van der Waals surface area (Å²) in [6.45, 7) is 2.29. The van der Waals surface area contributed by atoms with Gasteiger partial charge in [-0.1, -0.05) is 36.4 Å². The molecule has 35 heavy (non-hydrogen) atoms. The van der Waals surface area contributed by atoms with Crippen LogP contribution in [0.1, 0.15) is 38.6 Å². The lowest BCUT2D eigenvalue weighted by atomic mass is 10.0. The maximum atomic E-state index is 13.5. The van der Waals surface area contributed by atoms with Gasteiger partial charge in [-0.3, -0.25) is 9.59 Å². The monoisotopic (exact) mass is 470 g/mol. The highest BCUT2D eigenvalue weighted by molar-refractivity contribution is 5.95. The highest BCUT2D eigenvalue weighted by atomic mass is 16.4. The molecule has 1 N–H and O–H groups in total. The van der Waals surface area contributed by atoms with Crippen LogP contribution < -0.4 is 5.32 Å². The number of oxazole rings is 1. The molecule has 2 aromatic heterocycles. The predicted molar refractivity (Wildman–Crippen MR) is 135 cm³/mol. The fourth-order valence-electron chi connectivity index (χ4n) is 4.10. The third-order valence-corrected chi connectivity index (χ3v) is 6.10. The molecule has 0 aliphatic rings. The van der Waals surface area contributed by atoms with E-state index in [0.29, 0.717) is 42.3 Å². The zero-order valence-corrected chi connectivity index (χ0v) is 20.3. The van der Waals surface area contributed by atoms with E-state index >= 15 is 0 Å². The molecule has 0 bridgehead atoms. The van der Waals surface area contributed by atoms with Gasteiger partial charge in [-0.25, -0.2) is 4.98 Å². The average Bonchev–Trinajstić information content (AvgIpc) is 3.51. The zero-order valence-electron chi connectivity index (χ0n) is 20.3. The number of nitrogens with one attached hydrogen (secondary N) is 1. The van der Waals surface area contributed by atoms with Crippen molar-refractivity contribution < 1.29 is 14.0 Å².